The van der Waals surface area contributed by atoms with Crippen LogP contribution in [0, 0.1) is 0 Å². The Hall–Kier alpha value is -0.300. The maximum atomic E-state index is 9.08. The number of rotatable bonds is 1. The fourth-order valence-electron chi connectivity index (χ4n) is 1.20. The molecule has 0 radical (unpaired) electrons. The van der Waals surface area contributed by atoms with E-state index in [4.69, 9.17) is 5.11 Å². The summed E-state index contributed by atoms with van der Waals surface area (Å²) < 4.78 is 0. The summed E-state index contributed by atoms with van der Waals surface area (Å²) in [6.45, 7) is 2.17. The molecule has 0 amide bonds. The Kier molecular flexibility index (Phi) is 2.29. The Morgan fingerprint density at radius 2 is 2.56 bits per heavy atom. The van der Waals surface area contributed by atoms with E-state index in [1.54, 1.807) is 0 Å². The molecule has 1 nitrogen and oxygen atoms in total. The van der Waals surface area contributed by atoms with Crippen molar-refractivity contribution in [2.24, 2.45) is 0 Å². The van der Waals surface area contributed by atoms with Gasteiger partial charge in [-0.25, -0.2) is 0 Å². The van der Waals surface area contributed by atoms with E-state index in [0.717, 1.165) is 25.7 Å². The van der Waals surface area contributed by atoms with E-state index in [-0.39, 0.29) is 6.10 Å². The Bertz CT molecular complexity index is 116. The summed E-state index contributed by atoms with van der Waals surface area (Å²) in [5.41, 5.74) is 1.51. The summed E-state index contributed by atoms with van der Waals surface area (Å²) in [7, 11) is 0. The molecule has 1 heteroatoms. The molecule has 0 spiro atoms. The van der Waals surface area contributed by atoms with Crippen LogP contribution in [0.25, 0.3) is 0 Å². The van der Waals surface area contributed by atoms with Gasteiger partial charge in [-0.2, -0.15) is 0 Å². The molecule has 0 saturated heterocycles. The van der Waals surface area contributed by atoms with Crippen LogP contribution in [0.15, 0.2) is 11.6 Å². The molecule has 0 aliphatic heterocycles. The summed E-state index contributed by atoms with van der Waals surface area (Å²) in [5.74, 6) is 0. The number of aliphatic hydroxyl groups is 1. The standard InChI is InChI=1S/C8H14O/c1-2-7-3-5-8(9)6-4-7/h3,8-9H,2,4-6H2,1H3. The van der Waals surface area contributed by atoms with Crippen molar-refractivity contribution >= 4 is 0 Å². The fourth-order valence-corrected chi connectivity index (χ4v) is 1.20. The highest BCUT2D eigenvalue weighted by molar-refractivity contribution is 5.05. The second kappa shape index (κ2) is 3.02. The summed E-state index contributed by atoms with van der Waals surface area (Å²) >= 11 is 0. The molecule has 0 aromatic heterocycles. The first-order valence-corrected chi connectivity index (χ1v) is 3.69. The molecular weight excluding hydrogens is 112 g/mol. The zero-order chi connectivity index (χ0) is 6.69. The first-order valence-electron chi connectivity index (χ1n) is 3.69. The number of hydrogen-bond acceptors (Lipinski definition) is 1. The van der Waals surface area contributed by atoms with Crippen LogP contribution < -0.4 is 0 Å². The number of aliphatic hydroxyl groups excluding tert-OH is 1. The largest absolute Gasteiger partial charge is 0.393 e. The molecule has 1 N–H and O–H groups in total. The van der Waals surface area contributed by atoms with Gasteiger partial charge in [0, 0.05) is 0 Å². The zero-order valence-corrected chi connectivity index (χ0v) is 5.93. The third-order valence-corrected chi connectivity index (χ3v) is 1.93. The van der Waals surface area contributed by atoms with Crippen LogP contribution in [0.2, 0.25) is 0 Å². The van der Waals surface area contributed by atoms with Crippen molar-refractivity contribution in [1.82, 2.24) is 0 Å². The van der Waals surface area contributed by atoms with Gasteiger partial charge in [0.2, 0.25) is 0 Å². The molecular formula is C8H14O. The van der Waals surface area contributed by atoms with Crippen LogP contribution in [0.4, 0.5) is 0 Å². The van der Waals surface area contributed by atoms with Crippen molar-refractivity contribution in [3.05, 3.63) is 11.6 Å². The lowest BCUT2D eigenvalue weighted by molar-refractivity contribution is 0.162. The lowest BCUT2D eigenvalue weighted by Gasteiger charge is -2.15. The highest BCUT2D eigenvalue weighted by Crippen LogP contribution is 2.19. The molecule has 52 valence electrons. The third-order valence-electron chi connectivity index (χ3n) is 1.93. The molecule has 1 unspecified atom stereocenters. The molecule has 0 bridgehead atoms. The van der Waals surface area contributed by atoms with Crippen LogP contribution in [-0.4, -0.2) is 11.2 Å². The van der Waals surface area contributed by atoms with Crippen molar-refractivity contribution in [2.75, 3.05) is 0 Å². The minimum atomic E-state index is -0.0553. The third kappa shape index (κ3) is 1.83. The van der Waals surface area contributed by atoms with E-state index in [2.05, 4.69) is 13.0 Å². The van der Waals surface area contributed by atoms with Crippen molar-refractivity contribution in [1.29, 1.82) is 0 Å². The minimum Gasteiger partial charge on any atom is -0.393 e. The second-order valence-electron chi connectivity index (χ2n) is 2.64. The van der Waals surface area contributed by atoms with Gasteiger partial charge in [-0.15, -0.1) is 0 Å². The van der Waals surface area contributed by atoms with Crippen molar-refractivity contribution in [3.63, 3.8) is 0 Å². The van der Waals surface area contributed by atoms with Crippen LogP contribution in [0.5, 0.6) is 0 Å². The monoisotopic (exact) mass is 126 g/mol. The van der Waals surface area contributed by atoms with Crippen LogP contribution in [0.1, 0.15) is 32.6 Å². The van der Waals surface area contributed by atoms with Gasteiger partial charge in [-0.1, -0.05) is 18.6 Å². The lowest BCUT2D eigenvalue weighted by Crippen LogP contribution is -2.09. The normalized spacial score (nSPS) is 27.8. The van der Waals surface area contributed by atoms with Gasteiger partial charge >= 0.3 is 0 Å². The maximum absolute atomic E-state index is 9.08. The maximum Gasteiger partial charge on any atom is 0.0577 e. The highest BCUT2D eigenvalue weighted by atomic mass is 16.3. The van der Waals surface area contributed by atoms with Crippen LogP contribution in [-0.2, 0) is 0 Å². The molecule has 0 aromatic rings. The van der Waals surface area contributed by atoms with Crippen molar-refractivity contribution in [3.8, 4) is 0 Å². The summed E-state index contributed by atoms with van der Waals surface area (Å²) in [5, 5.41) is 9.08. The van der Waals surface area contributed by atoms with Gasteiger partial charge in [0.15, 0.2) is 0 Å². The Balaban J connectivity index is 2.40. The second-order valence-corrected chi connectivity index (χ2v) is 2.64. The van der Waals surface area contributed by atoms with Crippen molar-refractivity contribution < 1.29 is 5.11 Å². The molecule has 0 saturated carbocycles. The quantitative estimate of drug-likeness (QED) is 0.532. The molecule has 1 atom stereocenters. The highest BCUT2D eigenvalue weighted by Gasteiger charge is 2.08. The lowest BCUT2D eigenvalue weighted by atomic mass is 9.96. The van der Waals surface area contributed by atoms with Crippen LogP contribution >= 0.6 is 0 Å². The van der Waals surface area contributed by atoms with E-state index >= 15 is 0 Å². The summed E-state index contributed by atoms with van der Waals surface area (Å²) in [6, 6.07) is 0. The predicted molar refractivity (Wildman–Crippen MR) is 38.2 cm³/mol. The Morgan fingerprint density at radius 3 is 3.00 bits per heavy atom. The number of hydrogen-bond donors (Lipinski definition) is 1. The fraction of sp³-hybridized carbons (Fsp3) is 0.750. The zero-order valence-electron chi connectivity index (χ0n) is 5.93. The molecule has 9 heavy (non-hydrogen) atoms. The van der Waals surface area contributed by atoms with Gasteiger partial charge in [-0.3, -0.25) is 0 Å². The molecule has 0 fully saturated rings. The van der Waals surface area contributed by atoms with Gasteiger partial charge in [-0.05, 0) is 25.7 Å². The van der Waals surface area contributed by atoms with E-state index in [0.29, 0.717) is 0 Å². The van der Waals surface area contributed by atoms with E-state index in [1.165, 1.54) is 5.57 Å². The van der Waals surface area contributed by atoms with E-state index in [1.807, 2.05) is 0 Å². The summed E-state index contributed by atoms with van der Waals surface area (Å²) in [4.78, 5) is 0. The van der Waals surface area contributed by atoms with E-state index < -0.39 is 0 Å². The van der Waals surface area contributed by atoms with Crippen molar-refractivity contribution in [2.45, 2.75) is 38.7 Å². The molecule has 1 rings (SSSR count). The van der Waals surface area contributed by atoms with Gasteiger partial charge in [0.1, 0.15) is 0 Å². The smallest absolute Gasteiger partial charge is 0.0577 e. The predicted octanol–water partition coefficient (Wildman–Crippen LogP) is 1.87. The van der Waals surface area contributed by atoms with Gasteiger partial charge < -0.3 is 5.11 Å². The average Bonchev–Trinajstić information content (AvgIpc) is 1.90. The van der Waals surface area contributed by atoms with Crippen LogP contribution in [0.3, 0.4) is 0 Å². The molecule has 1 aliphatic carbocycles. The first-order chi connectivity index (χ1) is 4.33. The minimum absolute atomic E-state index is 0.0553. The number of allylic oxidation sites excluding steroid dienone is 1. The SMILES string of the molecule is CCC1=CCC(O)CC1. The average molecular weight is 126 g/mol. The Labute approximate surface area is 56.4 Å². The van der Waals surface area contributed by atoms with Gasteiger partial charge in [0.25, 0.3) is 0 Å². The first kappa shape index (κ1) is 6.81. The topological polar surface area (TPSA) is 20.2 Å². The van der Waals surface area contributed by atoms with Gasteiger partial charge in [0.05, 0.1) is 6.10 Å². The Morgan fingerprint density at radius 1 is 1.78 bits per heavy atom. The molecule has 0 heterocycles. The summed E-state index contributed by atoms with van der Waals surface area (Å²) in [6.07, 6.45) is 6.24. The molecule has 1 aliphatic rings. The van der Waals surface area contributed by atoms with E-state index in [9.17, 15) is 0 Å². The molecule has 0 aromatic carbocycles.